The summed E-state index contributed by atoms with van der Waals surface area (Å²) in [5.41, 5.74) is -0.142. The number of carbonyl (C=O) groups is 1. The van der Waals surface area contributed by atoms with Crippen LogP contribution >= 0.6 is 11.6 Å². The molecule has 0 atom stereocenters. The molecule has 0 saturated heterocycles. The van der Waals surface area contributed by atoms with Crippen molar-refractivity contribution in [3.8, 4) is 5.75 Å². The number of hydrogen-bond acceptors (Lipinski definition) is 4. The zero-order valence-electron chi connectivity index (χ0n) is 18.9. The number of carbonyl (C=O) groups excluding carboxylic acids is 1. The molecule has 0 aliphatic heterocycles. The van der Waals surface area contributed by atoms with Gasteiger partial charge in [-0.2, -0.15) is 0 Å². The number of halogens is 1. The van der Waals surface area contributed by atoms with Crippen LogP contribution in [0.25, 0.3) is 0 Å². The van der Waals surface area contributed by atoms with Crippen LogP contribution in [0.15, 0.2) is 53.4 Å². The summed E-state index contributed by atoms with van der Waals surface area (Å²) in [6.45, 7) is 9.78. The molecule has 0 heterocycles. The first-order chi connectivity index (χ1) is 14.2. The lowest BCUT2D eigenvalue weighted by Gasteiger charge is -2.34. The Morgan fingerprint density at radius 2 is 1.55 bits per heavy atom. The van der Waals surface area contributed by atoms with E-state index in [1.165, 1.54) is 19.2 Å². The molecule has 1 amide bonds. The average Bonchev–Trinajstić information content (AvgIpc) is 2.64. The van der Waals surface area contributed by atoms with Crippen LogP contribution in [0, 0.1) is 5.41 Å². The Balaban J connectivity index is 2.37. The van der Waals surface area contributed by atoms with Crippen molar-refractivity contribution in [1.82, 2.24) is 5.32 Å². The van der Waals surface area contributed by atoms with E-state index in [0.29, 0.717) is 16.5 Å². The SMILES string of the molecule is COc1ccc(S(=O)(=O)N(CC(=O)NC(C)(C)CC(C)(C)C)c2ccc(Cl)cc2)cc1. The van der Waals surface area contributed by atoms with Gasteiger partial charge >= 0.3 is 0 Å². The van der Waals surface area contributed by atoms with Crippen LogP contribution in [-0.2, 0) is 14.8 Å². The maximum Gasteiger partial charge on any atom is 0.264 e. The van der Waals surface area contributed by atoms with Crippen molar-refractivity contribution in [2.75, 3.05) is 18.0 Å². The summed E-state index contributed by atoms with van der Waals surface area (Å²) in [7, 11) is -2.50. The molecule has 8 heteroatoms. The van der Waals surface area contributed by atoms with Gasteiger partial charge in [-0.1, -0.05) is 32.4 Å². The molecule has 0 spiro atoms. The average molecular weight is 467 g/mol. The van der Waals surface area contributed by atoms with E-state index in [-0.39, 0.29) is 22.8 Å². The summed E-state index contributed by atoms with van der Waals surface area (Å²) in [4.78, 5) is 13.0. The van der Waals surface area contributed by atoms with Crippen LogP contribution in [0.4, 0.5) is 5.69 Å². The Morgan fingerprint density at radius 3 is 2.03 bits per heavy atom. The van der Waals surface area contributed by atoms with Crippen LogP contribution in [-0.4, -0.2) is 33.5 Å². The van der Waals surface area contributed by atoms with Gasteiger partial charge in [0.15, 0.2) is 0 Å². The molecule has 170 valence electrons. The highest BCUT2D eigenvalue weighted by atomic mass is 35.5. The predicted octanol–water partition coefficient (Wildman–Crippen LogP) is 4.87. The highest BCUT2D eigenvalue weighted by Crippen LogP contribution is 2.28. The molecular formula is C23H31ClN2O4S. The standard InChI is InChI=1S/C23H31ClN2O4S/c1-22(2,3)16-23(4,5)25-21(27)15-26(18-9-7-17(24)8-10-18)31(28,29)20-13-11-19(30-6)12-14-20/h7-14H,15-16H2,1-6H3,(H,25,27). The molecule has 0 aliphatic rings. The Labute approximate surface area is 190 Å². The largest absolute Gasteiger partial charge is 0.497 e. The fourth-order valence-corrected chi connectivity index (χ4v) is 5.26. The number of ether oxygens (including phenoxy) is 1. The van der Waals surface area contributed by atoms with Crippen molar-refractivity contribution < 1.29 is 17.9 Å². The number of benzene rings is 2. The number of methoxy groups -OCH3 is 1. The first kappa shape index (κ1) is 25.0. The van der Waals surface area contributed by atoms with Crippen LogP contribution in [0.1, 0.15) is 41.0 Å². The van der Waals surface area contributed by atoms with Gasteiger partial charge in [0.1, 0.15) is 12.3 Å². The molecule has 0 aliphatic carbocycles. The minimum Gasteiger partial charge on any atom is -0.497 e. The number of anilines is 1. The highest BCUT2D eigenvalue weighted by molar-refractivity contribution is 7.92. The summed E-state index contributed by atoms with van der Waals surface area (Å²) < 4.78 is 33.0. The smallest absolute Gasteiger partial charge is 0.264 e. The minimum absolute atomic E-state index is 0.00180. The van der Waals surface area contributed by atoms with E-state index < -0.39 is 15.6 Å². The molecule has 2 aromatic rings. The van der Waals surface area contributed by atoms with Gasteiger partial charge in [-0.15, -0.1) is 0 Å². The van der Waals surface area contributed by atoms with Crippen molar-refractivity contribution >= 4 is 33.2 Å². The Morgan fingerprint density at radius 1 is 1.00 bits per heavy atom. The van der Waals surface area contributed by atoms with Crippen LogP contribution in [0.5, 0.6) is 5.75 Å². The molecular weight excluding hydrogens is 436 g/mol. The van der Waals surface area contributed by atoms with Gasteiger partial charge in [0.05, 0.1) is 17.7 Å². The van der Waals surface area contributed by atoms with Gasteiger partial charge in [0.2, 0.25) is 5.91 Å². The Kier molecular flexibility index (Phi) is 7.66. The number of nitrogens with zero attached hydrogens (tertiary/aromatic N) is 1. The molecule has 2 rings (SSSR count). The third-order valence-electron chi connectivity index (χ3n) is 4.50. The second-order valence-corrected chi connectivity index (χ2v) is 11.6. The van der Waals surface area contributed by atoms with Crippen molar-refractivity contribution in [1.29, 1.82) is 0 Å². The van der Waals surface area contributed by atoms with Crippen LogP contribution in [0.2, 0.25) is 5.02 Å². The first-order valence-electron chi connectivity index (χ1n) is 9.97. The van der Waals surface area contributed by atoms with E-state index in [0.717, 1.165) is 10.7 Å². The molecule has 0 saturated carbocycles. The van der Waals surface area contributed by atoms with E-state index in [2.05, 4.69) is 26.1 Å². The van der Waals surface area contributed by atoms with Crippen molar-refractivity contribution in [3.63, 3.8) is 0 Å². The van der Waals surface area contributed by atoms with Crippen molar-refractivity contribution in [2.24, 2.45) is 5.41 Å². The zero-order valence-corrected chi connectivity index (χ0v) is 20.5. The summed E-state index contributed by atoms with van der Waals surface area (Å²) >= 11 is 5.97. The summed E-state index contributed by atoms with van der Waals surface area (Å²) in [6, 6.07) is 12.4. The quantitative estimate of drug-likeness (QED) is 0.601. The summed E-state index contributed by atoms with van der Waals surface area (Å²) in [6.07, 6.45) is 0.734. The van der Waals surface area contributed by atoms with Crippen molar-refractivity contribution in [3.05, 3.63) is 53.6 Å². The van der Waals surface area contributed by atoms with Gasteiger partial charge in [0, 0.05) is 10.6 Å². The number of sulfonamides is 1. The predicted molar refractivity (Wildman–Crippen MR) is 125 cm³/mol. The van der Waals surface area contributed by atoms with Crippen molar-refractivity contribution in [2.45, 2.75) is 51.5 Å². The molecule has 2 aromatic carbocycles. The lowest BCUT2D eigenvalue weighted by atomic mass is 9.82. The fourth-order valence-electron chi connectivity index (χ4n) is 3.71. The molecule has 0 aromatic heterocycles. The molecule has 0 bridgehead atoms. The van der Waals surface area contributed by atoms with E-state index in [1.54, 1.807) is 36.4 Å². The van der Waals surface area contributed by atoms with Gasteiger partial charge in [-0.3, -0.25) is 9.10 Å². The third kappa shape index (κ3) is 7.14. The molecule has 0 unspecified atom stereocenters. The maximum absolute atomic E-state index is 13.4. The summed E-state index contributed by atoms with van der Waals surface area (Å²) in [5, 5.41) is 3.45. The lowest BCUT2D eigenvalue weighted by Crippen LogP contribution is -2.50. The normalized spacial score (nSPS) is 12.4. The topological polar surface area (TPSA) is 75.7 Å². The number of nitrogens with one attached hydrogen (secondary N) is 1. The zero-order chi connectivity index (χ0) is 23.4. The monoisotopic (exact) mass is 466 g/mol. The second kappa shape index (κ2) is 9.49. The Hall–Kier alpha value is -2.25. The number of amides is 1. The Bertz CT molecular complexity index is 995. The van der Waals surface area contributed by atoms with Crippen LogP contribution < -0.4 is 14.4 Å². The van der Waals surface area contributed by atoms with E-state index in [1.807, 2.05) is 13.8 Å². The molecule has 1 N–H and O–H groups in total. The van der Waals surface area contributed by atoms with Gasteiger partial charge in [-0.25, -0.2) is 8.42 Å². The van der Waals surface area contributed by atoms with Gasteiger partial charge in [-0.05, 0) is 74.2 Å². The summed E-state index contributed by atoms with van der Waals surface area (Å²) in [5.74, 6) is 0.153. The minimum atomic E-state index is -4.00. The van der Waals surface area contributed by atoms with E-state index in [4.69, 9.17) is 16.3 Å². The van der Waals surface area contributed by atoms with E-state index in [9.17, 15) is 13.2 Å². The first-order valence-corrected chi connectivity index (χ1v) is 11.8. The number of rotatable bonds is 8. The highest BCUT2D eigenvalue weighted by Gasteiger charge is 2.31. The molecule has 6 nitrogen and oxygen atoms in total. The number of hydrogen-bond donors (Lipinski definition) is 1. The fraction of sp³-hybridized carbons (Fsp3) is 0.435. The van der Waals surface area contributed by atoms with Gasteiger partial charge in [0.25, 0.3) is 10.0 Å². The van der Waals surface area contributed by atoms with Gasteiger partial charge < -0.3 is 10.1 Å². The maximum atomic E-state index is 13.4. The molecule has 31 heavy (non-hydrogen) atoms. The second-order valence-electron chi connectivity index (χ2n) is 9.33. The lowest BCUT2D eigenvalue weighted by molar-refractivity contribution is -0.121. The molecule has 0 radical (unpaired) electrons. The third-order valence-corrected chi connectivity index (χ3v) is 6.54. The van der Waals surface area contributed by atoms with E-state index >= 15 is 0 Å². The molecule has 0 fully saturated rings. The van der Waals surface area contributed by atoms with Crippen LogP contribution in [0.3, 0.4) is 0 Å².